The summed E-state index contributed by atoms with van der Waals surface area (Å²) < 4.78 is 23.9. The molecule has 0 saturated carbocycles. The lowest BCUT2D eigenvalue weighted by Crippen LogP contribution is -2.12. The SMILES string of the molecule is Nc1cccc(-c2cnc(NCC(F)F)nc2)n1. The molecule has 7 heteroatoms. The smallest absolute Gasteiger partial charge is 0.255 e. The van der Waals surface area contributed by atoms with E-state index in [0.29, 0.717) is 17.1 Å². The summed E-state index contributed by atoms with van der Waals surface area (Å²) in [6, 6.07) is 5.20. The lowest BCUT2D eigenvalue weighted by atomic mass is 10.2. The number of aromatic nitrogens is 3. The number of anilines is 2. The van der Waals surface area contributed by atoms with Gasteiger partial charge in [-0.3, -0.25) is 0 Å². The van der Waals surface area contributed by atoms with Crippen molar-refractivity contribution in [2.24, 2.45) is 0 Å². The van der Waals surface area contributed by atoms with Gasteiger partial charge >= 0.3 is 0 Å². The Balaban J connectivity index is 2.12. The molecule has 18 heavy (non-hydrogen) atoms. The second-order valence-electron chi connectivity index (χ2n) is 3.52. The van der Waals surface area contributed by atoms with Crippen LogP contribution >= 0.6 is 0 Å². The van der Waals surface area contributed by atoms with Crippen LogP contribution < -0.4 is 11.1 Å². The summed E-state index contributed by atoms with van der Waals surface area (Å²) in [5, 5.41) is 2.42. The summed E-state index contributed by atoms with van der Waals surface area (Å²) >= 11 is 0. The molecule has 0 radical (unpaired) electrons. The molecule has 0 aromatic carbocycles. The largest absolute Gasteiger partial charge is 0.384 e. The number of hydrogen-bond acceptors (Lipinski definition) is 5. The number of pyridine rings is 1. The Labute approximate surface area is 102 Å². The molecule has 3 N–H and O–H groups in total. The third kappa shape index (κ3) is 3.09. The maximum absolute atomic E-state index is 12.0. The van der Waals surface area contributed by atoms with Gasteiger partial charge in [0.05, 0.1) is 12.2 Å². The number of halogens is 2. The van der Waals surface area contributed by atoms with Crippen molar-refractivity contribution in [1.29, 1.82) is 0 Å². The van der Waals surface area contributed by atoms with Crippen molar-refractivity contribution in [1.82, 2.24) is 15.0 Å². The molecule has 0 amide bonds. The molecule has 0 atom stereocenters. The van der Waals surface area contributed by atoms with Crippen LogP contribution in [0.2, 0.25) is 0 Å². The first-order valence-corrected chi connectivity index (χ1v) is 5.22. The zero-order valence-electron chi connectivity index (χ0n) is 9.35. The Morgan fingerprint density at radius 2 is 1.94 bits per heavy atom. The van der Waals surface area contributed by atoms with Crippen molar-refractivity contribution in [3.05, 3.63) is 30.6 Å². The third-order valence-electron chi connectivity index (χ3n) is 2.13. The van der Waals surface area contributed by atoms with E-state index >= 15 is 0 Å². The minimum atomic E-state index is -2.44. The van der Waals surface area contributed by atoms with E-state index in [9.17, 15) is 8.78 Å². The predicted molar refractivity (Wildman–Crippen MR) is 64.2 cm³/mol. The van der Waals surface area contributed by atoms with Crippen molar-refractivity contribution >= 4 is 11.8 Å². The quantitative estimate of drug-likeness (QED) is 0.866. The number of nitrogen functional groups attached to an aromatic ring is 1. The number of rotatable bonds is 4. The van der Waals surface area contributed by atoms with Crippen molar-refractivity contribution in [3.63, 3.8) is 0 Å². The maximum Gasteiger partial charge on any atom is 0.255 e. The number of hydrogen-bond donors (Lipinski definition) is 2. The monoisotopic (exact) mass is 251 g/mol. The summed E-state index contributed by atoms with van der Waals surface area (Å²) in [6.45, 7) is -0.476. The van der Waals surface area contributed by atoms with Gasteiger partial charge in [0.2, 0.25) is 5.95 Å². The highest BCUT2D eigenvalue weighted by molar-refractivity contribution is 5.59. The molecule has 0 unspecified atom stereocenters. The summed E-state index contributed by atoms with van der Waals surface area (Å²) in [4.78, 5) is 11.9. The lowest BCUT2D eigenvalue weighted by Gasteiger charge is -2.05. The van der Waals surface area contributed by atoms with Crippen molar-refractivity contribution in [2.45, 2.75) is 6.43 Å². The molecule has 5 nitrogen and oxygen atoms in total. The van der Waals surface area contributed by atoms with Crippen LogP contribution in [-0.4, -0.2) is 27.9 Å². The van der Waals surface area contributed by atoms with E-state index in [-0.39, 0.29) is 5.95 Å². The first-order chi connectivity index (χ1) is 8.65. The summed E-state index contributed by atoms with van der Waals surface area (Å²) in [6.07, 6.45) is 0.564. The van der Waals surface area contributed by atoms with Gasteiger partial charge in [0.25, 0.3) is 6.43 Å². The van der Waals surface area contributed by atoms with Gasteiger partial charge in [0.15, 0.2) is 0 Å². The first kappa shape index (κ1) is 12.2. The molecule has 0 bridgehead atoms. The van der Waals surface area contributed by atoms with Crippen LogP contribution in [-0.2, 0) is 0 Å². The second kappa shape index (κ2) is 5.35. The highest BCUT2D eigenvalue weighted by Crippen LogP contribution is 2.16. The molecule has 94 valence electrons. The van der Waals surface area contributed by atoms with Crippen LogP contribution in [0.4, 0.5) is 20.5 Å². The van der Waals surface area contributed by atoms with Crippen LogP contribution in [0.15, 0.2) is 30.6 Å². The molecule has 0 aliphatic heterocycles. The molecular weight excluding hydrogens is 240 g/mol. The van der Waals surface area contributed by atoms with Gasteiger partial charge in [0.1, 0.15) is 5.82 Å². The van der Waals surface area contributed by atoms with Crippen LogP contribution in [0.5, 0.6) is 0 Å². The molecule has 0 aliphatic rings. The van der Waals surface area contributed by atoms with Crippen LogP contribution in [0.1, 0.15) is 0 Å². The summed E-state index contributed by atoms with van der Waals surface area (Å²) in [7, 11) is 0. The molecule has 0 saturated heterocycles. The minimum absolute atomic E-state index is 0.156. The number of nitrogens with one attached hydrogen (secondary N) is 1. The van der Waals surface area contributed by atoms with E-state index in [2.05, 4.69) is 20.3 Å². The fourth-order valence-electron chi connectivity index (χ4n) is 1.33. The van der Waals surface area contributed by atoms with E-state index in [1.165, 1.54) is 12.4 Å². The van der Waals surface area contributed by atoms with Gasteiger partial charge in [0, 0.05) is 18.0 Å². The standard InChI is InChI=1S/C11H11F2N5/c12-9(13)6-17-11-15-4-7(5-16-11)8-2-1-3-10(14)18-8/h1-5,9H,6H2,(H2,14,18)(H,15,16,17). The summed E-state index contributed by atoms with van der Waals surface area (Å²) in [5.41, 5.74) is 6.87. The Hall–Kier alpha value is -2.31. The Bertz CT molecular complexity index is 515. The van der Waals surface area contributed by atoms with E-state index < -0.39 is 13.0 Å². The van der Waals surface area contributed by atoms with Gasteiger partial charge in [-0.05, 0) is 12.1 Å². The highest BCUT2D eigenvalue weighted by Gasteiger charge is 2.05. The minimum Gasteiger partial charge on any atom is -0.384 e. The van der Waals surface area contributed by atoms with E-state index in [4.69, 9.17) is 5.73 Å². The van der Waals surface area contributed by atoms with Crippen LogP contribution in [0, 0.1) is 0 Å². The van der Waals surface area contributed by atoms with Gasteiger partial charge in [-0.25, -0.2) is 23.7 Å². The van der Waals surface area contributed by atoms with Crippen LogP contribution in [0.25, 0.3) is 11.3 Å². The van der Waals surface area contributed by atoms with E-state index in [1.54, 1.807) is 18.2 Å². The van der Waals surface area contributed by atoms with Gasteiger partial charge in [-0.15, -0.1) is 0 Å². The molecule has 2 rings (SSSR count). The van der Waals surface area contributed by atoms with Crippen molar-refractivity contribution in [3.8, 4) is 11.3 Å². The normalized spacial score (nSPS) is 10.6. The van der Waals surface area contributed by atoms with Gasteiger partial charge < -0.3 is 11.1 Å². The zero-order chi connectivity index (χ0) is 13.0. The predicted octanol–water partition coefficient (Wildman–Crippen LogP) is 1.80. The second-order valence-corrected chi connectivity index (χ2v) is 3.52. The van der Waals surface area contributed by atoms with Gasteiger partial charge in [-0.2, -0.15) is 0 Å². The maximum atomic E-state index is 12.0. The molecule has 0 spiro atoms. The van der Waals surface area contributed by atoms with Crippen molar-refractivity contribution < 1.29 is 8.78 Å². The fourth-order valence-corrected chi connectivity index (χ4v) is 1.33. The molecule has 2 aromatic rings. The van der Waals surface area contributed by atoms with E-state index in [1.807, 2.05) is 0 Å². The molecule has 0 aliphatic carbocycles. The Morgan fingerprint density at radius 3 is 2.56 bits per heavy atom. The lowest BCUT2D eigenvalue weighted by molar-refractivity contribution is 0.163. The first-order valence-electron chi connectivity index (χ1n) is 5.22. The Kier molecular flexibility index (Phi) is 3.61. The van der Waals surface area contributed by atoms with Crippen molar-refractivity contribution in [2.75, 3.05) is 17.6 Å². The van der Waals surface area contributed by atoms with E-state index in [0.717, 1.165) is 0 Å². The average molecular weight is 251 g/mol. The number of nitrogens with two attached hydrogens (primary N) is 1. The topological polar surface area (TPSA) is 76.7 Å². The zero-order valence-corrected chi connectivity index (χ0v) is 9.35. The Morgan fingerprint density at radius 1 is 1.22 bits per heavy atom. The fraction of sp³-hybridized carbons (Fsp3) is 0.182. The van der Waals surface area contributed by atoms with Crippen LogP contribution in [0.3, 0.4) is 0 Å². The third-order valence-corrected chi connectivity index (χ3v) is 2.13. The molecule has 0 fully saturated rings. The molecule has 2 aromatic heterocycles. The average Bonchev–Trinajstić information content (AvgIpc) is 2.37. The molecule has 2 heterocycles. The van der Waals surface area contributed by atoms with Gasteiger partial charge in [-0.1, -0.05) is 6.07 Å². The number of alkyl halides is 2. The summed E-state index contributed by atoms with van der Waals surface area (Å²) in [5.74, 6) is 0.551. The molecular formula is C11H11F2N5. The highest BCUT2D eigenvalue weighted by atomic mass is 19.3. The number of nitrogens with zero attached hydrogens (tertiary/aromatic N) is 3.